The van der Waals surface area contributed by atoms with Crippen LogP contribution in [0.3, 0.4) is 0 Å². The summed E-state index contributed by atoms with van der Waals surface area (Å²) in [6, 6.07) is 23.8. The van der Waals surface area contributed by atoms with Gasteiger partial charge >= 0.3 is 6.09 Å². The molecule has 1 aliphatic rings. The number of hydrogen-bond acceptors (Lipinski definition) is 5. The fourth-order valence-corrected chi connectivity index (χ4v) is 5.02. The molecule has 1 heterocycles. The van der Waals surface area contributed by atoms with Crippen LogP contribution in [0.5, 0.6) is 11.5 Å². The number of nitrogens with zero attached hydrogens (tertiary/aromatic N) is 1. The zero-order chi connectivity index (χ0) is 26.7. The predicted octanol–water partition coefficient (Wildman–Crippen LogP) is 6.50. The smallest absolute Gasteiger partial charge is 0.407 e. The summed E-state index contributed by atoms with van der Waals surface area (Å²) in [5.41, 5.74) is 3.19. The highest BCUT2D eigenvalue weighted by atomic mass is 79.9. The maximum atomic E-state index is 11.6. The van der Waals surface area contributed by atoms with Gasteiger partial charge in [-0.25, -0.2) is 4.79 Å². The van der Waals surface area contributed by atoms with Gasteiger partial charge in [-0.1, -0.05) is 64.5 Å². The molecule has 1 N–H and O–H groups in total. The summed E-state index contributed by atoms with van der Waals surface area (Å²) in [7, 11) is 1.66. The molecular formula is C30H34BrNO6. The van der Waals surface area contributed by atoms with Gasteiger partial charge in [0.05, 0.1) is 46.2 Å². The van der Waals surface area contributed by atoms with Crippen LogP contribution < -0.4 is 9.47 Å². The highest BCUT2D eigenvalue weighted by Gasteiger charge is 2.33. The summed E-state index contributed by atoms with van der Waals surface area (Å²) in [6.07, 6.45) is 0.333. The van der Waals surface area contributed by atoms with Crippen molar-refractivity contribution in [2.24, 2.45) is 0 Å². The molecule has 3 aromatic rings. The molecule has 4 rings (SSSR count). The zero-order valence-corrected chi connectivity index (χ0v) is 23.1. The number of carbonyl (C=O) groups is 1. The van der Waals surface area contributed by atoms with Gasteiger partial charge in [0, 0.05) is 28.9 Å². The van der Waals surface area contributed by atoms with E-state index in [0.29, 0.717) is 45.9 Å². The van der Waals surface area contributed by atoms with Gasteiger partial charge in [0.2, 0.25) is 0 Å². The number of methoxy groups -OCH3 is 1. The number of benzene rings is 3. The van der Waals surface area contributed by atoms with Crippen molar-refractivity contribution < 1.29 is 28.8 Å². The molecule has 0 spiro atoms. The van der Waals surface area contributed by atoms with E-state index in [1.165, 1.54) is 4.90 Å². The Morgan fingerprint density at radius 2 is 1.71 bits per heavy atom. The van der Waals surface area contributed by atoms with E-state index in [0.717, 1.165) is 39.1 Å². The van der Waals surface area contributed by atoms with Crippen LogP contribution in [-0.2, 0) is 22.7 Å². The fourth-order valence-electron chi connectivity index (χ4n) is 4.62. The molecule has 7 nitrogen and oxygen atoms in total. The van der Waals surface area contributed by atoms with Gasteiger partial charge in [0.1, 0.15) is 11.5 Å². The second kappa shape index (κ2) is 14.2. The molecule has 0 radical (unpaired) electrons. The van der Waals surface area contributed by atoms with E-state index < -0.39 is 6.09 Å². The third kappa shape index (κ3) is 7.72. The first kappa shape index (κ1) is 28.0. The lowest BCUT2D eigenvalue weighted by atomic mass is 9.87. The number of hydrogen-bond donors (Lipinski definition) is 1. The summed E-state index contributed by atoms with van der Waals surface area (Å²) >= 11 is 3.56. The summed E-state index contributed by atoms with van der Waals surface area (Å²) in [5.74, 6) is 1.73. The molecule has 38 heavy (non-hydrogen) atoms. The van der Waals surface area contributed by atoms with E-state index >= 15 is 0 Å². The minimum atomic E-state index is -0.909. The molecule has 1 aliphatic heterocycles. The average Bonchev–Trinajstić information content (AvgIpc) is 2.95. The monoisotopic (exact) mass is 583 g/mol. The van der Waals surface area contributed by atoms with Crippen molar-refractivity contribution >= 4 is 22.0 Å². The Labute approximate surface area is 232 Å². The van der Waals surface area contributed by atoms with Crippen molar-refractivity contribution in [3.63, 3.8) is 0 Å². The van der Waals surface area contributed by atoms with Gasteiger partial charge in [-0.2, -0.15) is 0 Å². The van der Waals surface area contributed by atoms with Crippen molar-refractivity contribution in [3.8, 4) is 11.5 Å². The first-order chi connectivity index (χ1) is 18.5. The summed E-state index contributed by atoms with van der Waals surface area (Å²) in [4.78, 5) is 13.1. The van der Waals surface area contributed by atoms with Gasteiger partial charge in [-0.15, -0.1) is 0 Å². The van der Waals surface area contributed by atoms with Crippen molar-refractivity contribution in [1.82, 2.24) is 4.90 Å². The lowest BCUT2D eigenvalue weighted by Gasteiger charge is -2.37. The molecule has 0 bridgehead atoms. The molecular weight excluding hydrogens is 550 g/mol. The van der Waals surface area contributed by atoms with Crippen LogP contribution in [0.2, 0.25) is 0 Å². The molecule has 2 atom stereocenters. The normalized spacial score (nSPS) is 17.3. The molecule has 0 aliphatic carbocycles. The third-order valence-corrected chi connectivity index (χ3v) is 7.47. The van der Waals surface area contributed by atoms with Crippen LogP contribution in [0.15, 0.2) is 77.3 Å². The molecule has 1 saturated heterocycles. The molecule has 3 aromatic carbocycles. The first-order valence-corrected chi connectivity index (χ1v) is 13.6. The van der Waals surface area contributed by atoms with Crippen molar-refractivity contribution in [1.29, 1.82) is 0 Å². The maximum Gasteiger partial charge on any atom is 0.407 e. The number of halogens is 1. The highest BCUT2D eigenvalue weighted by Crippen LogP contribution is 2.32. The van der Waals surface area contributed by atoms with E-state index in [1.54, 1.807) is 7.11 Å². The average molecular weight is 585 g/mol. The third-order valence-electron chi connectivity index (χ3n) is 6.70. The second-order valence-corrected chi connectivity index (χ2v) is 10.1. The number of para-hydroxylation sites is 1. The largest absolute Gasteiger partial charge is 0.496 e. The quantitative estimate of drug-likeness (QED) is 0.245. The number of amides is 1. The predicted molar refractivity (Wildman–Crippen MR) is 149 cm³/mol. The van der Waals surface area contributed by atoms with Crippen molar-refractivity contribution in [3.05, 3.63) is 94.0 Å². The molecule has 1 amide bonds. The topological polar surface area (TPSA) is 77.5 Å². The Hall–Kier alpha value is -3.07. The lowest BCUT2D eigenvalue weighted by Crippen LogP contribution is -2.46. The van der Waals surface area contributed by atoms with Crippen LogP contribution in [0.25, 0.3) is 0 Å². The van der Waals surface area contributed by atoms with E-state index in [9.17, 15) is 9.90 Å². The lowest BCUT2D eigenvalue weighted by molar-refractivity contribution is -0.0201. The van der Waals surface area contributed by atoms with Gasteiger partial charge in [-0.3, -0.25) is 0 Å². The van der Waals surface area contributed by atoms with Crippen LogP contribution >= 0.6 is 15.9 Å². The molecule has 0 aromatic heterocycles. The summed E-state index contributed by atoms with van der Waals surface area (Å²) < 4.78 is 24.3. The summed E-state index contributed by atoms with van der Waals surface area (Å²) in [6.45, 7) is 2.90. The minimum Gasteiger partial charge on any atom is -0.496 e. The number of likely N-dealkylation sites (tertiary alicyclic amines) is 1. The Balaban J connectivity index is 1.27. The minimum absolute atomic E-state index is 0.102. The van der Waals surface area contributed by atoms with Crippen LogP contribution in [-0.4, -0.2) is 55.6 Å². The van der Waals surface area contributed by atoms with E-state index in [2.05, 4.69) is 28.1 Å². The van der Waals surface area contributed by atoms with Crippen LogP contribution in [0, 0.1) is 0 Å². The van der Waals surface area contributed by atoms with E-state index in [1.807, 2.05) is 60.7 Å². The van der Waals surface area contributed by atoms with E-state index in [-0.39, 0.29) is 12.0 Å². The number of rotatable bonds is 12. The highest BCUT2D eigenvalue weighted by molar-refractivity contribution is 9.10. The SMILES string of the molecule is COc1ccccc1COCCCOc1ccc(C2CCN(C(=O)O)CC2OCc2ccccc2Br)cc1. The van der Waals surface area contributed by atoms with Gasteiger partial charge in [-0.05, 0) is 41.8 Å². The first-order valence-electron chi connectivity index (χ1n) is 12.8. The number of ether oxygens (including phenoxy) is 4. The van der Waals surface area contributed by atoms with Gasteiger partial charge in [0.25, 0.3) is 0 Å². The fraction of sp³-hybridized carbons (Fsp3) is 0.367. The van der Waals surface area contributed by atoms with Crippen molar-refractivity contribution in [2.75, 3.05) is 33.4 Å². The molecule has 2 unspecified atom stereocenters. The Morgan fingerprint density at radius 1 is 0.974 bits per heavy atom. The van der Waals surface area contributed by atoms with E-state index in [4.69, 9.17) is 18.9 Å². The maximum absolute atomic E-state index is 11.6. The Bertz CT molecular complexity index is 1170. The Kier molecular flexibility index (Phi) is 10.4. The number of piperidine rings is 1. The molecule has 8 heteroatoms. The number of carboxylic acid groups (broad SMARTS) is 1. The molecule has 202 valence electrons. The Morgan fingerprint density at radius 3 is 2.45 bits per heavy atom. The van der Waals surface area contributed by atoms with Gasteiger partial charge < -0.3 is 29.0 Å². The van der Waals surface area contributed by atoms with Crippen molar-refractivity contribution in [2.45, 2.75) is 38.1 Å². The second-order valence-electron chi connectivity index (χ2n) is 9.20. The summed E-state index contributed by atoms with van der Waals surface area (Å²) in [5, 5.41) is 9.53. The van der Waals surface area contributed by atoms with Crippen LogP contribution in [0.1, 0.15) is 35.4 Å². The zero-order valence-electron chi connectivity index (χ0n) is 21.6. The standard InChI is InChI=1S/C30H34BrNO6/c1-35-28-10-5-3-8-24(28)20-36-17-6-18-37-25-13-11-22(12-14-25)26-15-16-32(30(33)34)19-29(26)38-21-23-7-2-4-9-27(23)31/h2-5,7-14,26,29H,6,15-21H2,1H3,(H,33,34). The van der Waals surface area contributed by atoms with Gasteiger partial charge in [0.15, 0.2) is 0 Å². The molecule has 1 fully saturated rings. The molecule has 0 saturated carbocycles. The van der Waals surface area contributed by atoms with Crippen LogP contribution in [0.4, 0.5) is 4.79 Å².